The second kappa shape index (κ2) is 4.75. The van der Waals surface area contributed by atoms with Crippen molar-refractivity contribution in [1.82, 2.24) is 0 Å². The van der Waals surface area contributed by atoms with Gasteiger partial charge in [-0.1, -0.05) is 6.07 Å². The molecule has 0 heterocycles. The molecule has 0 saturated carbocycles. The molecule has 0 fully saturated rings. The molecule has 0 bridgehead atoms. The molecule has 1 rings (SSSR count). The summed E-state index contributed by atoms with van der Waals surface area (Å²) in [5.41, 5.74) is 15.4. The summed E-state index contributed by atoms with van der Waals surface area (Å²) >= 11 is 0. The Morgan fingerprint density at radius 1 is 1.31 bits per heavy atom. The summed E-state index contributed by atoms with van der Waals surface area (Å²) in [5, 5.41) is 8.71. The van der Waals surface area contributed by atoms with Gasteiger partial charge in [0.15, 0.2) is 5.96 Å². The second-order valence-corrected chi connectivity index (χ2v) is 2.75. The molecule has 1 aromatic rings. The molecule has 0 radical (unpaired) electrons. The van der Waals surface area contributed by atoms with Crippen LogP contribution in [0.15, 0.2) is 28.2 Å². The number of hydrogen-bond donors (Lipinski definition) is 3. The van der Waals surface area contributed by atoms with E-state index in [1.54, 1.807) is 6.07 Å². The van der Waals surface area contributed by atoms with E-state index < -0.39 is 5.82 Å². The maximum atomic E-state index is 13.1. The third kappa shape index (κ3) is 2.68. The molecule has 0 aliphatic carbocycles. The molecular formula is C9H9FN6. The Morgan fingerprint density at radius 3 is 2.56 bits per heavy atom. The Bertz CT molecular complexity index is 495. The summed E-state index contributed by atoms with van der Waals surface area (Å²) in [6.45, 7) is 0. The van der Waals surface area contributed by atoms with Crippen LogP contribution in [-0.4, -0.2) is 11.9 Å². The number of nitrogens with zero attached hydrogens (tertiary/aromatic N) is 3. The fourth-order valence-electron chi connectivity index (χ4n) is 0.997. The zero-order chi connectivity index (χ0) is 12.1. The zero-order valence-electron chi connectivity index (χ0n) is 8.18. The summed E-state index contributed by atoms with van der Waals surface area (Å²) in [6.07, 6.45) is 0. The maximum Gasteiger partial charge on any atom is 0.223 e. The molecule has 0 saturated heterocycles. The van der Waals surface area contributed by atoms with E-state index in [1.165, 1.54) is 12.1 Å². The van der Waals surface area contributed by atoms with E-state index in [4.69, 9.17) is 22.5 Å². The van der Waals surface area contributed by atoms with Crippen molar-refractivity contribution in [3.05, 3.63) is 29.6 Å². The van der Waals surface area contributed by atoms with Crippen LogP contribution < -0.4 is 17.2 Å². The van der Waals surface area contributed by atoms with Crippen molar-refractivity contribution in [2.45, 2.75) is 0 Å². The average Bonchev–Trinajstić information content (AvgIpc) is 2.16. The fraction of sp³-hybridized carbons (Fsp3) is 0. The molecule has 1 aromatic carbocycles. The minimum atomic E-state index is -0.679. The van der Waals surface area contributed by atoms with Gasteiger partial charge in [-0.3, -0.25) is 0 Å². The molecule has 0 spiro atoms. The first-order valence-electron chi connectivity index (χ1n) is 4.17. The van der Waals surface area contributed by atoms with Crippen molar-refractivity contribution in [3.8, 4) is 6.07 Å². The molecular weight excluding hydrogens is 211 g/mol. The molecule has 0 unspecified atom stereocenters. The van der Waals surface area contributed by atoms with E-state index in [1.807, 2.05) is 0 Å². The van der Waals surface area contributed by atoms with Gasteiger partial charge in [0.2, 0.25) is 5.96 Å². The first kappa shape index (κ1) is 11.5. The van der Waals surface area contributed by atoms with Crippen molar-refractivity contribution in [2.24, 2.45) is 27.2 Å². The Hall–Kier alpha value is -2.62. The molecule has 16 heavy (non-hydrogen) atoms. The van der Waals surface area contributed by atoms with Gasteiger partial charge in [-0.2, -0.15) is 10.3 Å². The fourth-order valence-corrected chi connectivity index (χ4v) is 0.997. The lowest BCUT2D eigenvalue weighted by Crippen LogP contribution is -2.26. The van der Waals surface area contributed by atoms with E-state index in [-0.39, 0.29) is 23.2 Å². The average molecular weight is 220 g/mol. The molecule has 0 aromatic heterocycles. The van der Waals surface area contributed by atoms with Crippen molar-refractivity contribution < 1.29 is 4.39 Å². The first-order chi connectivity index (χ1) is 7.54. The predicted octanol–water partition coefficient (Wildman–Crippen LogP) is -0.0830. The number of hydrogen-bond acceptors (Lipinski definition) is 2. The highest BCUT2D eigenvalue weighted by atomic mass is 19.1. The highest BCUT2D eigenvalue weighted by molar-refractivity contribution is 5.93. The van der Waals surface area contributed by atoms with Gasteiger partial charge in [0.1, 0.15) is 17.4 Å². The Morgan fingerprint density at radius 2 is 2.00 bits per heavy atom. The SMILES string of the molecule is N#Cc1c(F)cccc1N=C(N)N=C(N)N. The minimum absolute atomic E-state index is 0.0741. The quantitative estimate of drug-likeness (QED) is 0.451. The van der Waals surface area contributed by atoms with Gasteiger partial charge >= 0.3 is 0 Å². The Labute approximate surface area is 90.9 Å². The monoisotopic (exact) mass is 220 g/mol. The van der Waals surface area contributed by atoms with E-state index in [0.717, 1.165) is 6.07 Å². The van der Waals surface area contributed by atoms with E-state index >= 15 is 0 Å². The lowest BCUT2D eigenvalue weighted by Gasteiger charge is -1.99. The predicted molar refractivity (Wildman–Crippen MR) is 58.2 cm³/mol. The second-order valence-electron chi connectivity index (χ2n) is 2.75. The number of benzene rings is 1. The highest BCUT2D eigenvalue weighted by Crippen LogP contribution is 2.20. The summed E-state index contributed by atoms with van der Waals surface area (Å²) in [7, 11) is 0. The third-order valence-corrected chi connectivity index (χ3v) is 1.58. The van der Waals surface area contributed by atoms with Crippen molar-refractivity contribution in [2.75, 3.05) is 0 Å². The lowest BCUT2D eigenvalue weighted by molar-refractivity contribution is 0.624. The van der Waals surface area contributed by atoms with Crippen LogP contribution in [0.25, 0.3) is 0 Å². The van der Waals surface area contributed by atoms with Crippen LogP contribution in [0.4, 0.5) is 10.1 Å². The van der Waals surface area contributed by atoms with E-state index in [0.29, 0.717) is 0 Å². The van der Waals surface area contributed by atoms with Gasteiger partial charge < -0.3 is 17.2 Å². The molecule has 6 N–H and O–H groups in total. The van der Waals surface area contributed by atoms with Crippen LogP contribution in [0.2, 0.25) is 0 Å². The smallest absolute Gasteiger partial charge is 0.223 e. The molecule has 0 atom stereocenters. The number of halogens is 1. The third-order valence-electron chi connectivity index (χ3n) is 1.58. The Balaban J connectivity index is 3.21. The van der Waals surface area contributed by atoms with Gasteiger partial charge in [-0.25, -0.2) is 9.38 Å². The van der Waals surface area contributed by atoms with Gasteiger partial charge in [0.25, 0.3) is 0 Å². The standard InChI is InChI=1S/C9H9FN6/c10-6-2-1-3-7(5(6)4-11)15-9(14)16-8(12)13/h1-3H,(H6,12,13,14,15,16). The summed E-state index contributed by atoms with van der Waals surface area (Å²) in [6, 6.07) is 5.65. The minimum Gasteiger partial charge on any atom is -0.370 e. The molecule has 0 aliphatic heterocycles. The van der Waals surface area contributed by atoms with Crippen LogP contribution in [0.3, 0.4) is 0 Å². The largest absolute Gasteiger partial charge is 0.370 e. The van der Waals surface area contributed by atoms with Crippen molar-refractivity contribution in [3.63, 3.8) is 0 Å². The van der Waals surface area contributed by atoms with Crippen LogP contribution in [0.5, 0.6) is 0 Å². The highest BCUT2D eigenvalue weighted by Gasteiger charge is 2.06. The number of nitriles is 1. The molecule has 6 nitrogen and oxygen atoms in total. The number of rotatable bonds is 1. The topological polar surface area (TPSA) is 127 Å². The Kier molecular flexibility index (Phi) is 3.40. The van der Waals surface area contributed by atoms with Crippen LogP contribution in [0.1, 0.15) is 5.56 Å². The van der Waals surface area contributed by atoms with Crippen LogP contribution in [-0.2, 0) is 0 Å². The van der Waals surface area contributed by atoms with Gasteiger partial charge in [0, 0.05) is 0 Å². The van der Waals surface area contributed by atoms with Crippen LogP contribution >= 0.6 is 0 Å². The van der Waals surface area contributed by atoms with Crippen molar-refractivity contribution >= 4 is 17.6 Å². The molecule has 7 heteroatoms. The number of guanidine groups is 2. The van der Waals surface area contributed by atoms with Gasteiger partial charge in [0.05, 0.1) is 5.69 Å². The first-order valence-corrected chi connectivity index (χ1v) is 4.17. The molecule has 82 valence electrons. The molecule has 0 aliphatic rings. The van der Waals surface area contributed by atoms with E-state index in [2.05, 4.69) is 9.98 Å². The van der Waals surface area contributed by atoms with Crippen molar-refractivity contribution in [1.29, 1.82) is 5.26 Å². The molecule has 0 amide bonds. The lowest BCUT2D eigenvalue weighted by atomic mass is 10.2. The van der Waals surface area contributed by atoms with Gasteiger partial charge in [-0.05, 0) is 12.1 Å². The number of nitrogens with two attached hydrogens (primary N) is 3. The summed E-state index contributed by atoms with van der Waals surface area (Å²) in [5.74, 6) is -1.19. The summed E-state index contributed by atoms with van der Waals surface area (Å²) < 4.78 is 13.1. The normalized spacial score (nSPS) is 10.6. The van der Waals surface area contributed by atoms with Crippen LogP contribution in [0, 0.1) is 17.1 Å². The number of aliphatic imine (C=N–C) groups is 2. The maximum absolute atomic E-state index is 13.1. The van der Waals surface area contributed by atoms with E-state index in [9.17, 15) is 4.39 Å². The summed E-state index contributed by atoms with van der Waals surface area (Å²) in [4.78, 5) is 7.16. The zero-order valence-corrected chi connectivity index (χ0v) is 8.18. The van der Waals surface area contributed by atoms with Gasteiger partial charge in [-0.15, -0.1) is 0 Å².